The minimum atomic E-state index is -0.889. The van der Waals surface area contributed by atoms with Gasteiger partial charge in [-0.25, -0.2) is 0 Å². The first-order valence-corrected chi connectivity index (χ1v) is 14.3. The van der Waals surface area contributed by atoms with Crippen LogP contribution in [0.15, 0.2) is 54.7 Å². The SMILES string of the molecule is O=C(CCN1CCOCC1)N1CC[C@]23C(=O)N(Cc4cn(nn4)CCCOc4cccc(c4)[C@H]12)c1ccccc13. The molecule has 0 radical (unpaired) electrons. The van der Waals surface area contributed by atoms with Crippen LogP contribution in [-0.4, -0.2) is 82.6 Å². The van der Waals surface area contributed by atoms with Crippen LogP contribution in [0, 0.1) is 0 Å². The number of fused-ring (bicyclic) bond motifs is 8. The van der Waals surface area contributed by atoms with Crippen molar-refractivity contribution in [2.75, 3.05) is 50.9 Å². The lowest BCUT2D eigenvalue weighted by Crippen LogP contribution is -2.46. The van der Waals surface area contributed by atoms with Crippen LogP contribution in [0.25, 0.3) is 0 Å². The van der Waals surface area contributed by atoms with Gasteiger partial charge < -0.3 is 19.3 Å². The number of carbonyl (C=O) groups is 2. The number of ether oxygens (including phenoxy) is 2. The third-order valence-electron chi connectivity index (χ3n) is 8.77. The molecule has 0 N–H and O–H groups in total. The van der Waals surface area contributed by atoms with E-state index in [0.717, 1.165) is 47.8 Å². The smallest absolute Gasteiger partial charge is 0.240 e. The van der Waals surface area contributed by atoms with Crippen LogP contribution in [0.4, 0.5) is 5.69 Å². The van der Waals surface area contributed by atoms with Gasteiger partial charge in [0.25, 0.3) is 0 Å². The molecule has 0 aliphatic carbocycles. The zero-order valence-electron chi connectivity index (χ0n) is 22.6. The molecule has 5 heterocycles. The van der Waals surface area contributed by atoms with E-state index in [2.05, 4.69) is 21.3 Å². The van der Waals surface area contributed by atoms with E-state index < -0.39 is 11.5 Å². The maximum absolute atomic E-state index is 14.7. The number of amides is 2. The molecule has 2 aromatic carbocycles. The van der Waals surface area contributed by atoms with Crippen molar-refractivity contribution >= 4 is 17.5 Å². The van der Waals surface area contributed by atoms with Gasteiger partial charge in [0.05, 0.1) is 38.6 Å². The molecule has 2 fully saturated rings. The molecule has 40 heavy (non-hydrogen) atoms. The number of carbonyl (C=O) groups excluding carboxylic acids is 2. The number of rotatable bonds is 3. The minimum absolute atomic E-state index is 0.0120. The largest absolute Gasteiger partial charge is 0.494 e. The third-order valence-corrected chi connectivity index (χ3v) is 8.77. The summed E-state index contributed by atoms with van der Waals surface area (Å²) in [5, 5.41) is 8.65. The van der Waals surface area contributed by atoms with Gasteiger partial charge in [0.1, 0.15) is 16.9 Å². The standard InChI is InChI=1S/C30H34N6O4/c37-27(9-12-33-14-17-39-18-15-33)35-13-10-30-25-7-1-2-8-26(25)36(29(30)38)21-23-20-34(32-31-23)11-4-16-40-24-6-3-5-22(19-24)28(30)35/h1-3,5-8,19-20,28H,4,9-18,21H2/t28-,30+/m0/s1. The Labute approximate surface area is 233 Å². The topological polar surface area (TPSA) is 93.0 Å². The number of hydrogen-bond acceptors (Lipinski definition) is 7. The molecule has 2 saturated heterocycles. The van der Waals surface area contributed by atoms with Gasteiger partial charge in [-0.05, 0) is 35.7 Å². The summed E-state index contributed by atoms with van der Waals surface area (Å²) in [7, 11) is 0. The highest BCUT2D eigenvalue weighted by atomic mass is 16.5. The van der Waals surface area contributed by atoms with Crippen molar-refractivity contribution < 1.29 is 19.1 Å². The van der Waals surface area contributed by atoms with Crippen molar-refractivity contribution in [3.05, 3.63) is 71.5 Å². The lowest BCUT2D eigenvalue weighted by molar-refractivity contribution is -0.134. The van der Waals surface area contributed by atoms with E-state index in [0.29, 0.717) is 58.8 Å². The van der Waals surface area contributed by atoms with Gasteiger partial charge in [-0.1, -0.05) is 35.5 Å². The molecule has 1 spiro atoms. The summed E-state index contributed by atoms with van der Waals surface area (Å²) >= 11 is 0. The van der Waals surface area contributed by atoms with E-state index in [-0.39, 0.29) is 11.8 Å². The second-order valence-electron chi connectivity index (χ2n) is 11.1. The second-order valence-corrected chi connectivity index (χ2v) is 11.1. The monoisotopic (exact) mass is 542 g/mol. The van der Waals surface area contributed by atoms with E-state index in [1.54, 1.807) is 0 Å². The Hall–Kier alpha value is -3.76. The van der Waals surface area contributed by atoms with E-state index >= 15 is 0 Å². The molecule has 6 bridgehead atoms. The van der Waals surface area contributed by atoms with E-state index in [4.69, 9.17) is 9.47 Å². The lowest BCUT2D eigenvalue weighted by Gasteiger charge is -2.35. The van der Waals surface area contributed by atoms with E-state index in [1.807, 2.05) is 63.1 Å². The Bertz CT molecular complexity index is 1420. The first-order chi connectivity index (χ1) is 19.6. The Morgan fingerprint density at radius 2 is 1.90 bits per heavy atom. The predicted octanol–water partition coefficient (Wildman–Crippen LogP) is 2.54. The molecule has 0 unspecified atom stereocenters. The molecule has 7 rings (SSSR count). The summed E-state index contributed by atoms with van der Waals surface area (Å²) in [5.74, 6) is 0.826. The molecular weight excluding hydrogens is 508 g/mol. The maximum atomic E-state index is 14.7. The molecule has 1 aromatic heterocycles. The van der Waals surface area contributed by atoms with Crippen LogP contribution < -0.4 is 9.64 Å². The van der Waals surface area contributed by atoms with Gasteiger partial charge in [0.2, 0.25) is 11.8 Å². The van der Waals surface area contributed by atoms with E-state index in [9.17, 15) is 9.59 Å². The van der Waals surface area contributed by atoms with Crippen molar-refractivity contribution in [2.45, 2.75) is 43.8 Å². The molecular formula is C30H34N6O4. The molecule has 4 aliphatic heterocycles. The summed E-state index contributed by atoms with van der Waals surface area (Å²) in [4.78, 5) is 34.7. The number of para-hydroxylation sites is 1. The highest BCUT2D eigenvalue weighted by Crippen LogP contribution is 2.57. The molecule has 10 nitrogen and oxygen atoms in total. The van der Waals surface area contributed by atoms with Crippen LogP contribution in [0.2, 0.25) is 0 Å². The van der Waals surface area contributed by atoms with Gasteiger partial charge in [-0.15, -0.1) is 5.10 Å². The molecule has 2 atom stereocenters. The second kappa shape index (κ2) is 10.3. The number of morpholine rings is 1. The molecule has 10 heteroatoms. The van der Waals surface area contributed by atoms with Crippen molar-refractivity contribution in [2.24, 2.45) is 0 Å². The molecule has 4 aliphatic rings. The van der Waals surface area contributed by atoms with Crippen molar-refractivity contribution in [3.63, 3.8) is 0 Å². The van der Waals surface area contributed by atoms with Crippen LogP contribution in [0.1, 0.15) is 42.1 Å². The van der Waals surface area contributed by atoms with Gasteiger partial charge in [0, 0.05) is 51.3 Å². The van der Waals surface area contributed by atoms with E-state index in [1.165, 1.54) is 0 Å². The fraction of sp³-hybridized carbons (Fsp3) is 0.467. The Kier molecular flexibility index (Phi) is 6.51. The number of nitrogens with zero attached hydrogens (tertiary/aromatic N) is 6. The maximum Gasteiger partial charge on any atom is 0.240 e. The van der Waals surface area contributed by atoms with Crippen LogP contribution in [0.3, 0.4) is 0 Å². The number of aromatic nitrogens is 3. The average Bonchev–Trinajstić information content (AvgIpc) is 3.67. The Morgan fingerprint density at radius 3 is 2.80 bits per heavy atom. The van der Waals surface area contributed by atoms with Crippen LogP contribution in [-0.2, 0) is 32.8 Å². The summed E-state index contributed by atoms with van der Waals surface area (Å²) in [6.45, 7) is 5.83. The summed E-state index contributed by atoms with van der Waals surface area (Å²) in [5.41, 5.74) is 2.64. The van der Waals surface area contributed by atoms with Crippen molar-refractivity contribution in [1.29, 1.82) is 0 Å². The van der Waals surface area contributed by atoms with Gasteiger partial charge in [-0.2, -0.15) is 0 Å². The summed E-state index contributed by atoms with van der Waals surface area (Å²) in [6, 6.07) is 15.6. The number of likely N-dealkylation sites (tertiary alicyclic amines) is 1. The summed E-state index contributed by atoms with van der Waals surface area (Å²) < 4.78 is 13.4. The molecule has 0 saturated carbocycles. The number of aryl methyl sites for hydroxylation is 1. The quantitative estimate of drug-likeness (QED) is 0.502. The highest BCUT2D eigenvalue weighted by molar-refractivity contribution is 6.09. The van der Waals surface area contributed by atoms with Crippen molar-refractivity contribution in [3.8, 4) is 5.75 Å². The highest BCUT2D eigenvalue weighted by Gasteiger charge is 2.61. The molecule has 3 aromatic rings. The lowest BCUT2D eigenvalue weighted by atomic mass is 9.72. The first-order valence-electron chi connectivity index (χ1n) is 14.3. The van der Waals surface area contributed by atoms with Crippen LogP contribution in [0.5, 0.6) is 5.75 Å². The normalized spacial score (nSPS) is 24.6. The first kappa shape index (κ1) is 25.2. The Morgan fingerprint density at radius 1 is 1.02 bits per heavy atom. The van der Waals surface area contributed by atoms with Gasteiger partial charge in [-0.3, -0.25) is 19.2 Å². The van der Waals surface area contributed by atoms with Gasteiger partial charge in [0.15, 0.2) is 0 Å². The number of benzene rings is 2. The fourth-order valence-corrected chi connectivity index (χ4v) is 6.87. The van der Waals surface area contributed by atoms with Crippen LogP contribution >= 0.6 is 0 Å². The predicted molar refractivity (Wildman–Crippen MR) is 147 cm³/mol. The minimum Gasteiger partial charge on any atom is -0.494 e. The zero-order valence-corrected chi connectivity index (χ0v) is 22.6. The van der Waals surface area contributed by atoms with Crippen molar-refractivity contribution in [1.82, 2.24) is 24.8 Å². The number of hydrogen-bond donors (Lipinski definition) is 0. The fourth-order valence-electron chi connectivity index (χ4n) is 6.87. The average molecular weight is 543 g/mol. The van der Waals surface area contributed by atoms with Gasteiger partial charge >= 0.3 is 0 Å². The molecule has 2 amide bonds. The Balaban J connectivity index is 1.31. The summed E-state index contributed by atoms with van der Waals surface area (Å²) in [6.07, 6.45) is 3.66. The third kappa shape index (κ3) is 4.26. The number of anilines is 1. The zero-order chi connectivity index (χ0) is 27.1. The molecule has 208 valence electrons.